The Kier molecular flexibility index (Phi) is 4.41. The maximum atomic E-state index is 11.6. The molecule has 0 aliphatic rings. The Balaban J connectivity index is 2.85. The third kappa shape index (κ3) is 3.13. The van der Waals surface area contributed by atoms with Crippen molar-refractivity contribution in [3.8, 4) is 5.75 Å². The molecule has 0 bridgehead atoms. The number of benzene rings is 1. The molecule has 0 heterocycles. The fourth-order valence-corrected chi connectivity index (χ4v) is 1.18. The lowest BCUT2D eigenvalue weighted by Crippen LogP contribution is -2.23. The normalized spacial score (nSPS) is 9.40. The van der Waals surface area contributed by atoms with E-state index in [2.05, 4.69) is 11.9 Å². The van der Waals surface area contributed by atoms with E-state index in [0.29, 0.717) is 24.5 Å². The number of hydrogen-bond acceptors (Lipinski definition) is 2. The monoisotopic (exact) mass is 205 g/mol. The Bertz CT molecular complexity index is 347. The van der Waals surface area contributed by atoms with E-state index in [1.165, 1.54) is 0 Å². The molecule has 0 radical (unpaired) electrons. The Morgan fingerprint density at radius 1 is 1.53 bits per heavy atom. The summed E-state index contributed by atoms with van der Waals surface area (Å²) in [5, 5.41) is 2.73. The lowest BCUT2D eigenvalue weighted by molar-refractivity contribution is 0.0952. The lowest BCUT2D eigenvalue weighted by atomic mass is 10.2. The Hall–Kier alpha value is -1.77. The van der Waals surface area contributed by atoms with Crippen molar-refractivity contribution in [1.29, 1.82) is 0 Å². The van der Waals surface area contributed by atoms with E-state index in [-0.39, 0.29) is 5.91 Å². The molecule has 0 aliphatic carbocycles. The molecule has 0 aromatic heterocycles. The van der Waals surface area contributed by atoms with Crippen molar-refractivity contribution >= 4 is 5.91 Å². The van der Waals surface area contributed by atoms with Crippen molar-refractivity contribution < 1.29 is 9.53 Å². The molecule has 80 valence electrons. The highest BCUT2D eigenvalue weighted by Crippen LogP contribution is 2.17. The number of ether oxygens (including phenoxy) is 1. The molecule has 0 unspecified atom stereocenters. The van der Waals surface area contributed by atoms with Crippen molar-refractivity contribution in [2.24, 2.45) is 0 Å². The van der Waals surface area contributed by atoms with Crippen LogP contribution in [-0.4, -0.2) is 19.1 Å². The number of rotatable bonds is 5. The predicted octanol–water partition coefficient (Wildman–Crippen LogP) is 2.00. The largest absolute Gasteiger partial charge is 0.489 e. The standard InChI is InChI=1S/C12H15NO2/c1-3-9-15-11-8-6-5-7-10(11)12(14)13-4-2/h3,5-8H,1,4,9H2,2H3,(H,13,14). The van der Waals surface area contributed by atoms with E-state index >= 15 is 0 Å². The van der Waals surface area contributed by atoms with Gasteiger partial charge in [-0.05, 0) is 19.1 Å². The van der Waals surface area contributed by atoms with Gasteiger partial charge in [0.2, 0.25) is 0 Å². The summed E-state index contributed by atoms with van der Waals surface area (Å²) in [6, 6.07) is 7.16. The van der Waals surface area contributed by atoms with Gasteiger partial charge in [-0.25, -0.2) is 0 Å². The summed E-state index contributed by atoms with van der Waals surface area (Å²) < 4.78 is 5.37. The first kappa shape index (κ1) is 11.3. The van der Waals surface area contributed by atoms with Gasteiger partial charge < -0.3 is 10.1 Å². The molecule has 3 nitrogen and oxygen atoms in total. The minimum absolute atomic E-state index is 0.114. The molecule has 1 amide bonds. The number of hydrogen-bond donors (Lipinski definition) is 1. The van der Waals surface area contributed by atoms with Crippen LogP contribution in [0.1, 0.15) is 17.3 Å². The van der Waals surface area contributed by atoms with Gasteiger partial charge in [0.15, 0.2) is 0 Å². The van der Waals surface area contributed by atoms with Crippen molar-refractivity contribution in [1.82, 2.24) is 5.32 Å². The van der Waals surface area contributed by atoms with E-state index in [4.69, 9.17) is 4.74 Å². The molecule has 0 spiro atoms. The van der Waals surface area contributed by atoms with Crippen LogP contribution < -0.4 is 10.1 Å². The maximum absolute atomic E-state index is 11.6. The van der Waals surface area contributed by atoms with E-state index in [1.54, 1.807) is 18.2 Å². The number of carbonyl (C=O) groups is 1. The first-order valence-electron chi connectivity index (χ1n) is 4.90. The molecule has 0 fully saturated rings. The summed E-state index contributed by atoms with van der Waals surface area (Å²) in [5.41, 5.74) is 0.557. The summed E-state index contributed by atoms with van der Waals surface area (Å²) >= 11 is 0. The van der Waals surface area contributed by atoms with Gasteiger partial charge in [0, 0.05) is 6.54 Å². The van der Waals surface area contributed by atoms with Gasteiger partial charge in [-0.2, -0.15) is 0 Å². The van der Waals surface area contributed by atoms with Crippen LogP contribution in [0.25, 0.3) is 0 Å². The zero-order valence-electron chi connectivity index (χ0n) is 8.82. The molecule has 15 heavy (non-hydrogen) atoms. The number of carbonyl (C=O) groups excluding carboxylic acids is 1. The van der Waals surface area contributed by atoms with Crippen molar-refractivity contribution in [3.05, 3.63) is 42.5 Å². The van der Waals surface area contributed by atoms with Crippen molar-refractivity contribution in [2.45, 2.75) is 6.92 Å². The second-order valence-corrected chi connectivity index (χ2v) is 2.96. The molecule has 0 atom stereocenters. The van der Waals surface area contributed by atoms with Crippen LogP contribution in [0, 0.1) is 0 Å². The Labute approximate surface area is 89.8 Å². The predicted molar refractivity (Wildman–Crippen MR) is 60.1 cm³/mol. The van der Waals surface area contributed by atoms with E-state index < -0.39 is 0 Å². The molecule has 1 N–H and O–H groups in total. The highest BCUT2D eigenvalue weighted by molar-refractivity contribution is 5.96. The second-order valence-electron chi connectivity index (χ2n) is 2.96. The smallest absolute Gasteiger partial charge is 0.255 e. The Morgan fingerprint density at radius 2 is 2.27 bits per heavy atom. The minimum Gasteiger partial charge on any atom is -0.489 e. The number of nitrogens with one attached hydrogen (secondary N) is 1. The van der Waals surface area contributed by atoms with Gasteiger partial charge in [-0.3, -0.25) is 4.79 Å². The molecule has 3 heteroatoms. The fourth-order valence-electron chi connectivity index (χ4n) is 1.18. The fraction of sp³-hybridized carbons (Fsp3) is 0.250. The number of amides is 1. The van der Waals surface area contributed by atoms with Gasteiger partial charge in [0.25, 0.3) is 5.91 Å². The summed E-state index contributed by atoms with van der Waals surface area (Å²) in [4.78, 5) is 11.6. The molecule has 1 aromatic rings. The quantitative estimate of drug-likeness (QED) is 0.747. The third-order valence-corrected chi connectivity index (χ3v) is 1.83. The SMILES string of the molecule is C=CCOc1ccccc1C(=O)NCC. The van der Waals surface area contributed by atoms with Crippen LogP contribution >= 0.6 is 0 Å². The highest BCUT2D eigenvalue weighted by Gasteiger charge is 2.09. The summed E-state index contributed by atoms with van der Waals surface area (Å²) in [6.45, 7) is 6.45. The van der Waals surface area contributed by atoms with Gasteiger partial charge in [-0.1, -0.05) is 24.8 Å². The number of para-hydroxylation sites is 1. The van der Waals surface area contributed by atoms with Gasteiger partial charge in [-0.15, -0.1) is 0 Å². The summed E-state index contributed by atoms with van der Waals surface area (Å²) in [5.74, 6) is 0.473. The van der Waals surface area contributed by atoms with Crippen molar-refractivity contribution in [2.75, 3.05) is 13.2 Å². The third-order valence-electron chi connectivity index (χ3n) is 1.83. The van der Waals surface area contributed by atoms with Crippen LogP contribution in [-0.2, 0) is 0 Å². The second kappa shape index (κ2) is 5.86. The van der Waals surface area contributed by atoms with E-state index in [1.807, 2.05) is 19.1 Å². The molecule has 0 aliphatic heterocycles. The molecular formula is C12H15NO2. The zero-order chi connectivity index (χ0) is 11.1. The molecule has 1 rings (SSSR count). The van der Waals surface area contributed by atoms with E-state index in [9.17, 15) is 4.79 Å². The van der Waals surface area contributed by atoms with Crippen LogP contribution in [0.4, 0.5) is 0 Å². The Morgan fingerprint density at radius 3 is 2.93 bits per heavy atom. The van der Waals surface area contributed by atoms with E-state index in [0.717, 1.165) is 0 Å². The van der Waals surface area contributed by atoms with Gasteiger partial charge in [0.1, 0.15) is 12.4 Å². The maximum Gasteiger partial charge on any atom is 0.255 e. The molecule has 1 aromatic carbocycles. The van der Waals surface area contributed by atoms with Crippen molar-refractivity contribution in [3.63, 3.8) is 0 Å². The summed E-state index contributed by atoms with van der Waals surface area (Å²) in [6.07, 6.45) is 1.65. The molecular weight excluding hydrogens is 190 g/mol. The molecule has 0 saturated heterocycles. The average molecular weight is 205 g/mol. The summed E-state index contributed by atoms with van der Waals surface area (Å²) in [7, 11) is 0. The molecule has 0 saturated carbocycles. The lowest BCUT2D eigenvalue weighted by Gasteiger charge is -2.09. The topological polar surface area (TPSA) is 38.3 Å². The van der Waals surface area contributed by atoms with Gasteiger partial charge in [0.05, 0.1) is 5.56 Å². The van der Waals surface area contributed by atoms with Crippen LogP contribution in [0.5, 0.6) is 5.75 Å². The minimum atomic E-state index is -0.114. The first-order chi connectivity index (χ1) is 7.29. The highest BCUT2D eigenvalue weighted by atomic mass is 16.5. The average Bonchev–Trinajstić information content (AvgIpc) is 2.27. The van der Waals surface area contributed by atoms with Crippen LogP contribution in [0.2, 0.25) is 0 Å². The van der Waals surface area contributed by atoms with Crippen LogP contribution in [0.15, 0.2) is 36.9 Å². The zero-order valence-corrected chi connectivity index (χ0v) is 8.82. The first-order valence-corrected chi connectivity index (χ1v) is 4.90. The van der Waals surface area contributed by atoms with Crippen LogP contribution in [0.3, 0.4) is 0 Å². The van der Waals surface area contributed by atoms with Gasteiger partial charge >= 0.3 is 0 Å².